The molecule has 0 fully saturated rings. The highest BCUT2D eigenvalue weighted by molar-refractivity contribution is 4.35. The molecule has 0 aliphatic carbocycles. The molecule has 0 N–H and O–H groups in total. The first kappa shape index (κ1) is 9.82. The van der Waals surface area contributed by atoms with Crippen LogP contribution in [0.25, 0.3) is 0 Å². The van der Waals surface area contributed by atoms with Crippen molar-refractivity contribution in [3.63, 3.8) is 0 Å². The van der Waals surface area contributed by atoms with Gasteiger partial charge in [-0.25, -0.2) is 0 Å². The summed E-state index contributed by atoms with van der Waals surface area (Å²) >= 11 is 0. The van der Waals surface area contributed by atoms with E-state index in [-0.39, 0.29) is 6.54 Å². The summed E-state index contributed by atoms with van der Waals surface area (Å²) < 4.78 is 25.3. The first-order valence-corrected chi connectivity index (χ1v) is 3.77. The average molecular weight is 152 g/mol. The summed E-state index contributed by atoms with van der Waals surface area (Å²) in [5.74, 6) is 0. The molecule has 10 heavy (non-hydrogen) atoms. The number of hydrogen-bond acceptors (Lipinski definition) is 0. The quantitative estimate of drug-likeness (QED) is 0.543. The smallest absolute Gasteiger partial charge is 0.0652 e. The molecule has 0 heterocycles. The van der Waals surface area contributed by atoms with E-state index in [0.29, 0.717) is 6.42 Å². The molecule has 0 unspecified atom stereocenters. The molecule has 0 aromatic heterocycles. The summed E-state index contributed by atoms with van der Waals surface area (Å²) in [5, 5.41) is 0. The maximum Gasteiger partial charge on any atom is 0.159 e. The van der Waals surface area contributed by atoms with E-state index in [1.807, 2.05) is 6.92 Å². The van der Waals surface area contributed by atoms with Crippen molar-refractivity contribution in [2.45, 2.75) is 39.7 Å². The second-order valence-electron chi connectivity index (χ2n) is 2.85. The van der Waals surface area contributed by atoms with E-state index in [1.54, 1.807) is 0 Å². The summed E-state index contributed by atoms with van der Waals surface area (Å²) in [6, 6.07) is -0.577. The summed E-state index contributed by atoms with van der Waals surface area (Å²) in [6.07, 6.45) is 1.44. The fraction of sp³-hybridized carbons (Fsp3) is 1.00. The third-order valence-corrected chi connectivity index (χ3v) is 1.57. The Morgan fingerprint density at radius 1 is 1.30 bits per heavy atom. The summed E-state index contributed by atoms with van der Waals surface area (Å²) in [4.78, 5) is -1.84. The van der Waals surface area contributed by atoms with Gasteiger partial charge < -0.3 is 0 Å². The van der Waals surface area contributed by atoms with Crippen molar-refractivity contribution in [1.82, 2.24) is 0 Å². The second-order valence-corrected chi connectivity index (χ2v) is 2.85. The van der Waals surface area contributed by atoms with Gasteiger partial charge in [0.05, 0.1) is 4.93 Å². The monoisotopic (exact) mass is 152 g/mol. The first-order valence-electron chi connectivity index (χ1n) is 3.77. The molecule has 0 aromatic carbocycles. The van der Waals surface area contributed by atoms with Crippen LogP contribution in [0.1, 0.15) is 33.6 Å². The maximum absolute atomic E-state index is 12.7. The van der Waals surface area contributed by atoms with Gasteiger partial charge in [-0.1, -0.05) is 13.3 Å². The Balaban J connectivity index is 3.63. The molecule has 0 spiro atoms. The third kappa shape index (κ3) is 3.11. The first-order chi connectivity index (χ1) is 4.50. The number of rotatable bonds is 4. The molecule has 0 saturated heterocycles. The van der Waals surface area contributed by atoms with Crippen molar-refractivity contribution >= 4 is 0 Å². The van der Waals surface area contributed by atoms with Crippen molar-refractivity contribution in [3.05, 3.63) is 0 Å². The predicted octanol–water partition coefficient (Wildman–Crippen LogP) is 2.78. The Labute approximate surface area is 61.1 Å². The van der Waals surface area contributed by atoms with E-state index < -0.39 is 11.0 Å². The molecule has 0 aliphatic heterocycles. The van der Waals surface area contributed by atoms with Gasteiger partial charge in [-0.05, 0) is 13.8 Å². The lowest BCUT2D eigenvalue weighted by molar-refractivity contribution is -1.18. The highest BCUT2D eigenvalue weighted by Gasteiger charge is 2.33. The summed E-state index contributed by atoms with van der Waals surface area (Å²) in [6.45, 7) is 4.97. The molecule has 0 aliphatic rings. The van der Waals surface area contributed by atoms with Gasteiger partial charge in [0.25, 0.3) is 0 Å². The van der Waals surface area contributed by atoms with E-state index in [2.05, 4.69) is 0 Å². The predicted molar refractivity (Wildman–Crippen MR) is 37.4 cm³/mol. The Morgan fingerprint density at radius 2 is 1.80 bits per heavy atom. The van der Waals surface area contributed by atoms with E-state index in [1.165, 1.54) is 13.8 Å². The molecule has 0 bridgehead atoms. The largest absolute Gasteiger partial charge is 0.159 e. The van der Waals surface area contributed by atoms with Crippen molar-refractivity contribution in [2.75, 3.05) is 6.54 Å². The van der Waals surface area contributed by atoms with Crippen molar-refractivity contribution in [1.29, 1.82) is 0 Å². The van der Waals surface area contributed by atoms with Crippen LogP contribution in [0.3, 0.4) is 0 Å². The molecule has 0 aromatic rings. The molecule has 62 valence electrons. The molecule has 0 saturated carbocycles. The van der Waals surface area contributed by atoms with Crippen LogP contribution in [-0.4, -0.2) is 17.5 Å². The lowest BCUT2D eigenvalue weighted by atomic mass is 10.3. The van der Waals surface area contributed by atoms with Gasteiger partial charge in [-0.2, -0.15) is 0 Å². The van der Waals surface area contributed by atoms with Gasteiger partial charge in [0.2, 0.25) is 0 Å². The Bertz CT molecular complexity index is 91.6. The number of halogens is 2. The zero-order valence-electron chi connectivity index (χ0n) is 6.90. The van der Waals surface area contributed by atoms with Gasteiger partial charge in [-0.15, -0.1) is 0 Å². The van der Waals surface area contributed by atoms with Crippen LogP contribution in [0.4, 0.5) is 8.96 Å². The van der Waals surface area contributed by atoms with Crippen LogP contribution < -0.4 is 0 Å². The van der Waals surface area contributed by atoms with E-state index >= 15 is 0 Å². The second kappa shape index (κ2) is 3.86. The number of nitrogens with zero attached hydrogens (tertiary/aromatic N) is 1. The Kier molecular flexibility index (Phi) is 3.79. The van der Waals surface area contributed by atoms with Crippen molar-refractivity contribution in [3.8, 4) is 0 Å². The van der Waals surface area contributed by atoms with E-state index in [4.69, 9.17) is 0 Å². The van der Waals surface area contributed by atoms with Gasteiger partial charge in [0.15, 0.2) is 12.6 Å². The SMILES string of the molecule is CCCC[N+](F)(F)C(C)C. The van der Waals surface area contributed by atoms with Crippen LogP contribution in [0.2, 0.25) is 0 Å². The summed E-state index contributed by atoms with van der Waals surface area (Å²) in [5.41, 5.74) is 0. The normalized spacial score (nSPS) is 12.6. The fourth-order valence-corrected chi connectivity index (χ4v) is 0.627. The van der Waals surface area contributed by atoms with Crippen molar-refractivity contribution in [2.24, 2.45) is 0 Å². The molecule has 0 atom stereocenters. The minimum Gasteiger partial charge on any atom is -0.0652 e. The molecular weight excluding hydrogens is 136 g/mol. The standard InChI is InChI=1S/C7H16F2N/c1-4-5-6-10(8,9)7(2)3/h7H,4-6H2,1-3H3/q+1. The van der Waals surface area contributed by atoms with Crippen LogP contribution in [0.5, 0.6) is 0 Å². The minimum absolute atomic E-state index is 0.0197. The van der Waals surface area contributed by atoms with Crippen LogP contribution in [0.15, 0.2) is 0 Å². The minimum atomic E-state index is -1.84. The Morgan fingerprint density at radius 3 is 2.10 bits per heavy atom. The van der Waals surface area contributed by atoms with Crippen LogP contribution in [-0.2, 0) is 0 Å². The zero-order chi connectivity index (χ0) is 8.20. The molecule has 0 amide bonds. The van der Waals surface area contributed by atoms with Gasteiger partial charge in [0, 0.05) is 15.4 Å². The van der Waals surface area contributed by atoms with Crippen LogP contribution in [0, 0.1) is 0 Å². The third-order valence-electron chi connectivity index (χ3n) is 1.57. The lowest BCUT2D eigenvalue weighted by Gasteiger charge is -2.16. The summed E-state index contributed by atoms with van der Waals surface area (Å²) in [7, 11) is 0. The van der Waals surface area contributed by atoms with Gasteiger partial charge in [0.1, 0.15) is 0 Å². The number of hydrogen-bond donors (Lipinski definition) is 0. The molecule has 3 heteroatoms. The highest BCUT2D eigenvalue weighted by atomic mass is 19.4. The van der Waals surface area contributed by atoms with E-state index in [9.17, 15) is 8.96 Å². The maximum atomic E-state index is 12.7. The zero-order valence-corrected chi connectivity index (χ0v) is 6.90. The number of quaternary nitrogens is 1. The molecular formula is C7H16F2N+. The Hall–Kier alpha value is -0.180. The van der Waals surface area contributed by atoms with Crippen molar-refractivity contribution < 1.29 is 13.9 Å². The molecule has 1 nitrogen and oxygen atoms in total. The molecule has 0 radical (unpaired) electrons. The van der Waals surface area contributed by atoms with Crippen LogP contribution >= 0.6 is 0 Å². The fourth-order valence-electron chi connectivity index (χ4n) is 0.627. The average Bonchev–Trinajstić information content (AvgIpc) is 1.84. The topological polar surface area (TPSA) is 0 Å². The number of unbranched alkanes of at least 4 members (excludes halogenated alkanes) is 1. The molecule has 0 rings (SSSR count). The van der Waals surface area contributed by atoms with Gasteiger partial charge in [-0.3, -0.25) is 0 Å². The van der Waals surface area contributed by atoms with Gasteiger partial charge >= 0.3 is 0 Å². The van der Waals surface area contributed by atoms with E-state index in [0.717, 1.165) is 6.42 Å². The highest BCUT2D eigenvalue weighted by Crippen LogP contribution is 2.16. The lowest BCUT2D eigenvalue weighted by Crippen LogP contribution is -2.37.